The van der Waals surface area contributed by atoms with Crippen LogP contribution < -0.4 is 21.7 Å². The molecule has 0 aromatic carbocycles. The Morgan fingerprint density at radius 3 is 2.00 bits per heavy atom. The molecule has 3 amide bonds. The number of aromatic amines is 2. The number of aliphatic hydroxyl groups is 1. The lowest BCUT2D eigenvalue weighted by atomic mass is 10.1. The van der Waals surface area contributed by atoms with E-state index < -0.39 is 54.5 Å². The Kier molecular flexibility index (Phi) is 8.85. The summed E-state index contributed by atoms with van der Waals surface area (Å²) in [7, 11) is 0. The third kappa shape index (κ3) is 7.17. The van der Waals surface area contributed by atoms with Gasteiger partial charge < -0.3 is 41.9 Å². The first-order chi connectivity index (χ1) is 15.2. The number of aromatic nitrogens is 4. The first-order valence-corrected chi connectivity index (χ1v) is 9.66. The lowest BCUT2D eigenvalue weighted by Gasteiger charge is -2.23. The molecular weight excluding hydrogens is 424 g/mol. The number of carboxylic acids is 1. The summed E-state index contributed by atoms with van der Waals surface area (Å²) >= 11 is 0. The Morgan fingerprint density at radius 2 is 1.50 bits per heavy atom. The number of hydrogen-bond donors (Lipinski definition) is 8. The molecule has 2 heterocycles. The molecule has 0 aliphatic carbocycles. The molecule has 0 spiro atoms. The molecule has 14 heteroatoms. The zero-order valence-electron chi connectivity index (χ0n) is 17.2. The number of rotatable bonds is 12. The van der Waals surface area contributed by atoms with Crippen LogP contribution in [0.25, 0.3) is 0 Å². The molecule has 0 aliphatic heterocycles. The van der Waals surface area contributed by atoms with Gasteiger partial charge in [0.25, 0.3) is 0 Å². The van der Waals surface area contributed by atoms with Crippen molar-refractivity contribution in [3.63, 3.8) is 0 Å². The topological polar surface area (TPSA) is 228 Å². The van der Waals surface area contributed by atoms with Crippen LogP contribution in [0.5, 0.6) is 0 Å². The number of imidazole rings is 2. The second kappa shape index (κ2) is 11.6. The molecule has 2 aromatic heterocycles. The van der Waals surface area contributed by atoms with Crippen LogP contribution in [0.3, 0.4) is 0 Å². The van der Waals surface area contributed by atoms with E-state index in [-0.39, 0.29) is 12.8 Å². The summed E-state index contributed by atoms with van der Waals surface area (Å²) in [5.74, 6) is -3.53. The molecule has 0 saturated heterocycles. The fourth-order valence-electron chi connectivity index (χ4n) is 2.69. The summed E-state index contributed by atoms with van der Waals surface area (Å²) in [6.07, 6.45) is 6.07. The van der Waals surface area contributed by atoms with Crippen molar-refractivity contribution in [2.45, 2.75) is 43.9 Å². The molecule has 2 aromatic rings. The van der Waals surface area contributed by atoms with E-state index in [4.69, 9.17) is 15.9 Å². The molecular formula is C18H26N8O6. The van der Waals surface area contributed by atoms with Gasteiger partial charge in [-0.1, -0.05) is 0 Å². The SMILES string of the molecule is CC(NC(=O)C(Cc1cnc[nH]1)NC(=O)C(N)Cc1cnc[nH]1)C(=O)NC(CO)C(=O)O. The van der Waals surface area contributed by atoms with Crippen LogP contribution >= 0.6 is 0 Å². The van der Waals surface area contributed by atoms with Crippen molar-refractivity contribution >= 4 is 23.7 Å². The Bertz CT molecular complexity index is 901. The Labute approximate surface area is 182 Å². The minimum atomic E-state index is -1.51. The van der Waals surface area contributed by atoms with Crippen molar-refractivity contribution in [1.82, 2.24) is 35.9 Å². The smallest absolute Gasteiger partial charge is 0.328 e. The number of aliphatic hydroxyl groups excluding tert-OH is 1. The molecule has 0 fully saturated rings. The van der Waals surface area contributed by atoms with E-state index >= 15 is 0 Å². The van der Waals surface area contributed by atoms with Crippen molar-refractivity contribution < 1.29 is 29.4 Å². The first-order valence-electron chi connectivity index (χ1n) is 9.66. The standard InChI is InChI=1S/C18H26N8O6/c1-9(15(28)26-14(6-27)18(31)32)24-17(30)13(3-11-5-21-8-23-11)25-16(29)12(19)2-10-4-20-7-22-10/h4-5,7-9,12-14,27H,2-3,6,19H2,1H3,(H,20,22)(H,21,23)(H,24,30)(H,25,29)(H,26,28)(H,31,32). The summed E-state index contributed by atoms with van der Waals surface area (Å²) in [5.41, 5.74) is 7.12. The number of carbonyl (C=O) groups excluding carboxylic acids is 3. The third-order valence-electron chi connectivity index (χ3n) is 4.49. The number of H-pyrrole nitrogens is 2. The number of nitrogens with two attached hydrogens (primary N) is 1. The zero-order valence-corrected chi connectivity index (χ0v) is 17.2. The van der Waals surface area contributed by atoms with E-state index in [0.717, 1.165) is 0 Å². The van der Waals surface area contributed by atoms with Crippen LogP contribution in [0, 0.1) is 0 Å². The van der Waals surface area contributed by atoms with Crippen molar-refractivity contribution in [2.75, 3.05) is 6.61 Å². The summed E-state index contributed by atoms with van der Waals surface area (Å²) in [5, 5.41) is 25.0. The highest BCUT2D eigenvalue weighted by Crippen LogP contribution is 2.02. The second-order valence-electron chi connectivity index (χ2n) is 7.04. The maximum absolute atomic E-state index is 12.8. The summed E-state index contributed by atoms with van der Waals surface area (Å²) < 4.78 is 0. The van der Waals surface area contributed by atoms with Gasteiger partial charge in [0.05, 0.1) is 25.3 Å². The highest BCUT2D eigenvalue weighted by molar-refractivity contribution is 5.94. The molecule has 4 atom stereocenters. The van der Waals surface area contributed by atoms with Gasteiger partial charge in [0.1, 0.15) is 18.1 Å². The van der Waals surface area contributed by atoms with Crippen molar-refractivity contribution in [3.05, 3.63) is 36.4 Å². The Morgan fingerprint density at radius 1 is 0.938 bits per heavy atom. The predicted octanol–water partition coefficient (Wildman–Crippen LogP) is -3.20. The van der Waals surface area contributed by atoms with Crippen molar-refractivity contribution in [3.8, 4) is 0 Å². The summed E-state index contributed by atoms with van der Waals surface area (Å²) in [6.45, 7) is 0.525. The number of nitrogens with zero attached hydrogens (tertiary/aromatic N) is 2. The van der Waals surface area contributed by atoms with Gasteiger partial charge in [0.15, 0.2) is 0 Å². The van der Waals surface area contributed by atoms with Gasteiger partial charge in [-0.25, -0.2) is 14.8 Å². The molecule has 0 radical (unpaired) electrons. The quantitative estimate of drug-likeness (QED) is 0.162. The molecule has 4 unspecified atom stereocenters. The Hall–Kier alpha value is -3.78. The fraction of sp³-hybridized carbons (Fsp3) is 0.444. The largest absolute Gasteiger partial charge is 0.480 e. The van der Waals surface area contributed by atoms with Gasteiger partial charge >= 0.3 is 5.97 Å². The summed E-state index contributed by atoms with van der Waals surface area (Å²) in [6, 6.07) is -4.72. The first kappa shape index (κ1) is 24.5. The molecule has 174 valence electrons. The average Bonchev–Trinajstić information content (AvgIpc) is 3.45. The number of carboxylic acid groups (broad SMARTS) is 1. The number of amides is 3. The lowest BCUT2D eigenvalue weighted by Crippen LogP contribution is -2.57. The molecule has 14 nitrogen and oxygen atoms in total. The van der Waals surface area contributed by atoms with E-state index in [1.54, 1.807) is 0 Å². The van der Waals surface area contributed by atoms with E-state index in [9.17, 15) is 19.2 Å². The average molecular weight is 450 g/mol. The van der Waals surface area contributed by atoms with Gasteiger partial charge in [-0.3, -0.25) is 14.4 Å². The molecule has 32 heavy (non-hydrogen) atoms. The molecule has 9 N–H and O–H groups in total. The van der Waals surface area contributed by atoms with Crippen LogP contribution in [0.1, 0.15) is 18.3 Å². The normalized spacial score (nSPS) is 14.6. The van der Waals surface area contributed by atoms with E-state index in [2.05, 4.69) is 35.9 Å². The van der Waals surface area contributed by atoms with Gasteiger partial charge in [0.2, 0.25) is 17.7 Å². The summed E-state index contributed by atoms with van der Waals surface area (Å²) in [4.78, 5) is 61.8. The minimum Gasteiger partial charge on any atom is -0.480 e. The van der Waals surface area contributed by atoms with E-state index in [1.165, 1.54) is 32.0 Å². The van der Waals surface area contributed by atoms with Crippen LogP contribution in [0.15, 0.2) is 25.0 Å². The fourth-order valence-corrected chi connectivity index (χ4v) is 2.69. The van der Waals surface area contributed by atoms with Crippen LogP contribution in [-0.2, 0) is 32.0 Å². The van der Waals surface area contributed by atoms with Gasteiger partial charge in [-0.05, 0) is 6.92 Å². The highest BCUT2D eigenvalue weighted by atomic mass is 16.4. The molecule has 0 saturated carbocycles. The van der Waals surface area contributed by atoms with E-state index in [0.29, 0.717) is 11.4 Å². The third-order valence-corrected chi connectivity index (χ3v) is 4.49. The molecule has 0 aliphatic rings. The zero-order chi connectivity index (χ0) is 23.7. The van der Waals surface area contributed by atoms with Gasteiger partial charge in [-0.2, -0.15) is 0 Å². The number of nitrogens with one attached hydrogen (secondary N) is 5. The van der Waals surface area contributed by atoms with E-state index in [1.807, 2.05) is 0 Å². The number of aliphatic carboxylic acids is 1. The Balaban J connectivity index is 2.03. The van der Waals surface area contributed by atoms with Gasteiger partial charge in [0, 0.05) is 36.6 Å². The van der Waals surface area contributed by atoms with Gasteiger partial charge in [-0.15, -0.1) is 0 Å². The van der Waals surface area contributed by atoms with Crippen LogP contribution in [0.4, 0.5) is 0 Å². The lowest BCUT2D eigenvalue weighted by molar-refractivity contribution is -0.143. The highest BCUT2D eigenvalue weighted by Gasteiger charge is 2.28. The number of carbonyl (C=O) groups is 4. The van der Waals surface area contributed by atoms with Crippen LogP contribution in [0.2, 0.25) is 0 Å². The maximum atomic E-state index is 12.8. The maximum Gasteiger partial charge on any atom is 0.328 e. The monoisotopic (exact) mass is 450 g/mol. The predicted molar refractivity (Wildman–Crippen MR) is 109 cm³/mol. The van der Waals surface area contributed by atoms with Crippen LogP contribution in [-0.4, -0.2) is 84.6 Å². The number of hydrogen-bond acceptors (Lipinski definition) is 8. The minimum absolute atomic E-state index is 0.0388. The molecule has 0 bridgehead atoms. The van der Waals surface area contributed by atoms with Crippen molar-refractivity contribution in [1.29, 1.82) is 0 Å². The second-order valence-corrected chi connectivity index (χ2v) is 7.04. The molecule has 2 rings (SSSR count). The van der Waals surface area contributed by atoms with Crippen molar-refractivity contribution in [2.24, 2.45) is 5.73 Å².